The fourth-order valence-electron chi connectivity index (χ4n) is 3.54. The summed E-state index contributed by atoms with van der Waals surface area (Å²) in [5.74, 6) is -4.79. The number of aliphatic carboxylic acids is 2. The highest BCUT2D eigenvalue weighted by atomic mass is 32.1. The highest BCUT2D eigenvalue weighted by Gasteiger charge is 2.50. The molecular formula is C18H24F6N2O5S. The maximum atomic E-state index is 10.6. The Morgan fingerprint density at radius 2 is 1.72 bits per heavy atom. The monoisotopic (exact) mass is 494 g/mol. The van der Waals surface area contributed by atoms with Crippen LogP contribution in [0.15, 0.2) is 17.5 Å². The number of hydrogen-bond donors (Lipinski definition) is 2. The fourth-order valence-corrected chi connectivity index (χ4v) is 4.29. The van der Waals surface area contributed by atoms with Gasteiger partial charge in [0.25, 0.3) is 0 Å². The lowest BCUT2D eigenvalue weighted by Gasteiger charge is -2.30. The van der Waals surface area contributed by atoms with Crippen LogP contribution in [0, 0.1) is 11.3 Å². The van der Waals surface area contributed by atoms with Crippen LogP contribution >= 0.6 is 11.3 Å². The van der Waals surface area contributed by atoms with Gasteiger partial charge in [0.05, 0.1) is 13.2 Å². The van der Waals surface area contributed by atoms with E-state index in [0.717, 1.165) is 32.2 Å². The predicted octanol–water partition coefficient (Wildman–Crippen LogP) is 3.02. The van der Waals surface area contributed by atoms with E-state index in [1.165, 1.54) is 18.0 Å². The van der Waals surface area contributed by atoms with E-state index in [9.17, 15) is 26.3 Å². The molecule has 0 spiro atoms. The van der Waals surface area contributed by atoms with Crippen molar-refractivity contribution in [3.8, 4) is 0 Å². The molecule has 2 aliphatic rings. The zero-order valence-corrected chi connectivity index (χ0v) is 18.1. The molecule has 1 aromatic heterocycles. The minimum absolute atomic E-state index is 0.376. The van der Waals surface area contributed by atoms with Crippen LogP contribution in [0.4, 0.5) is 26.3 Å². The Morgan fingerprint density at radius 3 is 2.12 bits per heavy atom. The van der Waals surface area contributed by atoms with Gasteiger partial charge in [0.15, 0.2) is 0 Å². The van der Waals surface area contributed by atoms with Crippen LogP contribution in [0.3, 0.4) is 0 Å². The molecule has 0 aliphatic carbocycles. The number of ether oxygens (including phenoxy) is 1. The van der Waals surface area contributed by atoms with E-state index in [-0.39, 0.29) is 0 Å². The van der Waals surface area contributed by atoms with Crippen molar-refractivity contribution in [2.24, 2.45) is 11.3 Å². The molecule has 0 saturated carbocycles. The minimum atomic E-state index is -5.08. The van der Waals surface area contributed by atoms with Crippen molar-refractivity contribution in [1.82, 2.24) is 9.80 Å². The molecule has 2 saturated heterocycles. The fraction of sp³-hybridized carbons (Fsp3) is 0.667. The second-order valence-corrected chi connectivity index (χ2v) is 8.70. The molecule has 2 N–H and O–H groups in total. The standard InChI is InChI=1S/C14H22N2OS.2C2HF3O2/c1-15(2)9-14-10-16(6-12(14)8-17-11-14)7-13-4-3-5-18-13;2*3-2(4,5)1(6)7/h3-5,12H,6-11H2,1-2H3;2*(H,6,7)/t12-,14+;;/m1../s1. The molecule has 1 aromatic rings. The van der Waals surface area contributed by atoms with Gasteiger partial charge in [0.2, 0.25) is 0 Å². The number of carboxylic acids is 2. The maximum absolute atomic E-state index is 10.6. The zero-order valence-electron chi connectivity index (χ0n) is 17.2. The van der Waals surface area contributed by atoms with E-state index >= 15 is 0 Å². The smallest absolute Gasteiger partial charge is 0.475 e. The quantitative estimate of drug-likeness (QED) is 0.622. The van der Waals surface area contributed by atoms with E-state index < -0.39 is 24.3 Å². The Balaban J connectivity index is 0.000000305. The number of rotatable bonds is 4. The SMILES string of the molecule is CN(C)C[C@]12COC[C@H]1CN(Cc1cccs1)C2.O=C(O)C(F)(F)F.O=C(O)C(F)(F)F. The molecule has 32 heavy (non-hydrogen) atoms. The van der Waals surface area contributed by atoms with Gasteiger partial charge >= 0.3 is 24.3 Å². The van der Waals surface area contributed by atoms with Gasteiger partial charge in [-0.1, -0.05) is 6.07 Å². The third-order valence-electron chi connectivity index (χ3n) is 4.67. The third-order valence-corrected chi connectivity index (χ3v) is 5.53. The Morgan fingerprint density at radius 1 is 1.19 bits per heavy atom. The highest BCUT2D eigenvalue weighted by Crippen LogP contribution is 2.42. The van der Waals surface area contributed by atoms with E-state index in [4.69, 9.17) is 24.5 Å². The van der Waals surface area contributed by atoms with E-state index in [2.05, 4.69) is 41.4 Å². The Hall–Kier alpha value is -1.90. The first-order valence-corrected chi connectivity index (χ1v) is 10.0. The lowest BCUT2D eigenvalue weighted by atomic mass is 9.81. The summed E-state index contributed by atoms with van der Waals surface area (Å²) >= 11 is 1.87. The van der Waals surface area contributed by atoms with Crippen LogP contribution in [-0.2, 0) is 20.9 Å². The van der Waals surface area contributed by atoms with Crippen molar-refractivity contribution in [3.63, 3.8) is 0 Å². The van der Waals surface area contributed by atoms with Crippen LogP contribution in [0.2, 0.25) is 0 Å². The summed E-state index contributed by atoms with van der Waals surface area (Å²) in [6.45, 7) is 6.55. The lowest BCUT2D eigenvalue weighted by Crippen LogP contribution is -2.40. The zero-order chi connectivity index (χ0) is 24.7. The average molecular weight is 494 g/mol. The summed E-state index contributed by atoms with van der Waals surface area (Å²) < 4.78 is 69.2. The number of hydrogen-bond acceptors (Lipinski definition) is 6. The van der Waals surface area contributed by atoms with Gasteiger partial charge in [-0.05, 0) is 25.5 Å². The molecule has 0 unspecified atom stereocenters. The number of likely N-dealkylation sites (tertiary alicyclic amines) is 1. The molecule has 2 atom stereocenters. The summed E-state index contributed by atoms with van der Waals surface area (Å²) in [6, 6.07) is 4.39. The van der Waals surface area contributed by atoms with E-state index in [0.29, 0.717) is 5.41 Å². The molecule has 7 nitrogen and oxygen atoms in total. The third kappa shape index (κ3) is 8.92. The topological polar surface area (TPSA) is 90.3 Å². The van der Waals surface area contributed by atoms with Crippen LogP contribution in [0.25, 0.3) is 0 Å². The normalized spacial score (nSPS) is 23.1. The van der Waals surface area contributed by atoms with Crippen LogP contribution in [0.1, 0.15) is 4.88 Å². The number of halogens is 6. The van der Waals surface area contributed by atoms with Crippen molar-refractivity contribution >= 4 is 23.3 Å². The van der Waals surface area contributed by atoms with Crippen LogP contribution < -0.4 is 0 Å². The number of nitrogens with zero attached hydrogens (tertiary/aromatic N) is 2. The maximum Gasteiger partial charge on any atom is 0.490 e. The van der Waals surface area contributed by atoms with Gasteiger partial charge in [0.1, 0.15) is 0 Å². The first-order chi connectivity index (χ1) is 14.6. The summed E-state index contributed by atoms with van der Waals surface area (Å²) in [7, 11) is 4.35. The summed E-state index contributed by atoms with van der Waals surface area (Å²) in [5.41, 5.74) is 0.376. The second kappa shape index (κ2) is 11.3. The van der Waals surface area contributed by atoms with Gasteiger partial charge in [-0.25, -0.2) is 9.59 Å². The Labute approximate surface area is 184 Å². The Bertz CT molecular complexity index is 717. The Kier molecular flexibility index (Phi) is 9.93. The van der Waals surface area contributed by atoms with Crippen LogP contribution in [-0.4, -0.2) is 91.2 Å². The number of thiophene rings is 1. The van der Waals surface area contributed by atoms with Crippen molar-refractivity contribution < 1.29 is 50.9 Å². The van der Waals surface area contributed by atoms with Gasteiger partial charge in [-0.3, -0.25) is 4.90 Å². The highest BCUT2D eigenvalue weighted by molar-refractivity contribution is 7.09. The lowest BCUT2D eigenvalue weighted by molar-refractivity contribution is -0.193. The van der Waals surface area contributed by atoms with E-state index in [1.54, 1.807) is 0 Å². The van der Waals surface area contributed by atoms with Gasteiger partial charge < -0.3 is 19.8 Å². The predicted molar refractivity (Wildman–Crippen MR) is 102 cm³/mol. The van der Waals surface area contributed by atoms with Gasteiger partial charge in [-0.15, -0.1) is 11.3 Å². The summed E-state index contributed by atoms with van der Waals surface area (Å²) in [5, 5.41) is 16.4. The first kappa shape index (κ1) is 28.1. The van der Waals surface area contributed by atoms with Gasteiger partial charge in [-0.2, -0.15) is 26.3 Å². The molecule has 14 heteroatoms. The molecule has 3 heterocycles. The van der Waals surface area contributed by atoms with Gasteiger partial charge in [0, 0.05) is 42.4 Å². The number of carbonyl (C=O) groups is 2. The molecule has 2 aliphatic heterocycles. The molecule has 184 valence electrons. The molecule has 0 aromatic carbocycles. The summed E-state index contributed by atoms with van der Waals surface area (Å²) in [6.07, 6.45) is -10.2. The van der Waals surface area contributed by atoms with E-state index in [1.807, 2.05) is 11.3 Å². The van der Waals surface area contributed by atoms with Crippen LogP contribution in [0.5, 0.6) is 0 Å². The largest absolute Gasteiger partial charge is 0.490 e. The number of alkyl halides is 6. The van der Waals surface area contributed by atoms with Crippen molar-refractivity contribution in [3.05, 3.63) is 22.4 Å². The summed E-state index contributed by atoms with van der Waals surface area (Å²) in [4.78, 5) is 24.2. The molecule has 3 rings (SSSR count). The minimum Gasteiger partial charge on any atom is -0.475 e. The van der Waals surface area contributed by atoms with Crippen molar-refractivity contribution in [2.45, 2.75) is 18.9 Å². The first-order valence-electron chi connectivity index (χ1n) is 9.14. The molecular weight excluding hydrogens is 470 g/mol. The average Bonchev–Trinajstić information content (AvgIpc) is 3.30. The molecule has 2 fully saturated rings. The molecule has 0 radical (unpaired) electrons. The van der Waals surface area contributed by atoms with Crippen molar-refractivity contribution in [1.29, 1.82) is 0 Å². The molecule has 0 bridgehead atoms. The second-order valence-electron chi connectivity index (χ2n) is 7.67. The number of carboxylic acid groups (broad SMARTS) is 2. The number of fused-ring (bicyclic) bond motifs is 1. The molecule has 0 amide bonds. The van der Waals surface area contributed by atoms with Crippen molar-refractivity contribution in [2.75, 3.05) is 46.9 Å².